The van der Waals surface area contributed by atoms with Gasteiger partial charge in [0.15, 0.2) is 17.1 Å². The molecule has 0 aromatic heterocycles. The van der Waals surface area contributed by atoms with E-state index < -0.39 is 69.9 Å². The Bertz CT molecular complexity index is 1430. The number of allylic oxidation sites excluding steroid dienone is 1. The molecule has 0 spiro atoms. The molecule has 1 aromatic carbocycles. The lowest BCUT2D eigenvalue weighted by Crippen LogP contribution is -2.63. The number of aliphatic hydroxyl groups is 3. The van der Waals surface area contributed by atoms with Crippen molar-refractivity contribution in [3.05, 3.63) is 52.5 Å². The molecule has 3 aliphatic carbocycles. The Labute approximate surface area is 236 Å². The summed E-state index contributed by atoms with van der Waals surface area (Å²) in [6, 6.07) is 0.408. The van der Waals surface area contributed by atoms with E-state index in [2.05, 4.69) is 11.9 Å². The second-order valence-corrected chi connectivity index (χ2v) is 10.8. The fraction of sp³-hybridized carbons (Fsp3) is 0.429. The van der Waals surface area contributed by atoms with E-state index in [0.29, 0.717) is 17.7 Å². The van der Waals surface area contributed by atoms with Gasteiger partial charge in [0.05, 0.1) is 23.9 Å². The molecule has 0 bridgehead atoms. The normalized spacial score (nSPS) is 25.4. The van der Waals surface area contributed by atoms with Crippen LogP contribution in [-0.2, 0) is 20.7 Å². The summed E-state index contributed by atoms with van der Waals surface area (Å²) in [6.07, 6.45) is 1.17. The minimum atomic E-state index is -2.74. The molecule has 0 saturated carbocycles. The summed E-state index contributed by atoms with van der Waals surface area (Å²) in [6.45, 7) is 3.59. The zero-order chi connectivity index (χ0) is 30.5. The van der Waals surface area contributed by atoms with Crippen LogP contribution < -0.4 is 16.0 Å². The maximum atomic E-state index is 14.0. The number of fused-ring (bicyclic) bond motifs is 3. The van der Waals surface area contributed by atoms with Gasteiger partial charge in [-0.05, 0) is 50.9 Å². The predicted octanol–water partition coefficient (Wildman–Crippen LogP) is 1.31. The number of rotatable bonds is 7. The first-order valence-corrected chi connectivity index (χ1v) is 12.9. The van der Waals surface area contributed by atoms with Crippen molar-refractivity contribution >= 4 is 34.9 Å². The highest BCUT2D eigenvalue weighted by atomic mass is 16.5. The van der Waals surface area contributed by atoms with Crippen molar-refractivity contribution in [2.45, 2.75) is 30.9 Å². The number of hydrogen-bond donors (Lipinski definition) is 6. The quantitative estimate of drug-likeness (QED) is 0.119. The lowest BCUT2D eigenvalue weighted by molar-refractivity contribution is -0.148. The third kappa shape index (κ3) is 4.50. The molecular formula is C28H34N4O9. The lowest BCUT2D eigenvalue weighted by Gasteiger charge is -2.50. The van der Waals surface area contributed by atoms with Gasteiger partial charge in [-0.2, -0.15) is 0 Å². The van der Waals surface area contributed by atoms with Crippen LogP contribution in [0.1, 0.15) is 28.8 Å². The average Bonchev–Trinajstić information content (AvgIpc) is 2.87. The van der Waals surface area contributed by atoms with E-state index in [0.717, 1.165) is 0 Å². The number of Topliss-reactive ketones (excluding diaryl/α,β-unsaturated/α-hetero) is 2. The standard InChI is InChI=1S/C28H34N4O9/c1-6-7-8-41-27(39)30-15-11-16(31(2)3)13-9-12-10-14-20(32(4)5)23(35)19(26(29)38)25(37)28(14,40)24(36)17(12)22(34)18(13)21(15)33/h6,11-12,14,20,33,35-36,40H,1,7-10H2,2-5H3,(H2,29,38)(H,30,39)/t12-,14+,20+,28+/m1/s1. The van der Waals surface area contributed by atoms with Gasteiger partial charge in [-0.15, -0.1) is 6.58 Å². The summed E-state index contributed by atoms with van der Waals surface area (Å²) in [5.74, 6) is -7.51. The first-order chi connectivity index (χ1) is 19.2. The summed E-state index contributed by atoms with van der Waals surface area (Å²) >= 11 is 0. The monoisotopic (exact) mass is 570 g/mol. The van der Waals surface area contributed by atoms with Crippen molar-refractivity contribution in [3.8, 4) is 5.75 Å². The number of carbonyl (C=O) groups is 4. The number of nitrogens with one attached hydrogen (secondary N) is 1. The Kier molecular flexibility index (Phi) is 7.63. The SMILES string of the molecule is C=CCCOC(=O)Nc1cc(N(C)C)c2c(c1O)C(=O)C1=C(O)[C@]3(O)C(=O)C(C(N)=O)=C(O)[C@@H](N(C)C)[C@@H]3C[C@H]1C2. The number of aromatic hydroxyl groups is 1. The Hall–Kier alpha value is -4.36. The first-order valence-electron chi connectivity index (χ1n) is 12.9. The highest BCUT2D eigenvalue weighted by molar-refractivity contribution is 6.25. The number of primary amides is 1. The fourth-order valence-electron chi connectivity index (χ4n) is 6.17. The van der Waals surface area contributed by atoms with E-state index in [1.807, 2.05) is 0 Å². The summed E-state index contributed by atoms with van der Waals surface area (Å²) in [5.41, 5.74) is 2.02. The van der Waals surface area contributed by atoms with Crippen LogP contribution in [0.4, 0.5) is 16.2 Å². The third-order valence-corrected chi connectivity index (χ3v) is 7.97. The minimum absolute atomic E-state index is 0.0327. The van der Waals surface area contributed by atoms with Crippen LogP contribution in [0.3, 0.4) is 0 Å². The second-order valence-electron chi connectivity index (χ2n) is 10.8. The van der Waals surface area contributed by atoms with E-state index in [1.165, 1.54) is 11.0 Å². The number of likely N-dealkylation sites (N-methyl/N-ethyl adjacent to an activating group) is 1. The van der Waals surface area contributed by atoms with Gasteiger partial charge in [0.25, 0.3) is 5.91 Å². The topological polar surface area (TPSA) is 203 Å². The number of hydrogen-bond acceptors (Lipinski definition) is 11. The van der Waals surface area contributed by atoms with Gasteiger partial charge in [-0.3, -0.25) is 24.6 Å². The average molecular weight is 571 g/mol. The molecule has 13 heteroatoms. The molecule has 13 nitrogen and oxygen atoms in total. The number of aliphatic hydroxyl groups excluding tert-OH is 2. The van der Waals surface area contributed by atoms with Crippen LogP contribution >= 0.6 is 0 Å². The molecule has 7 N–H and O–H groups in total. The molecule has 2 amide bonds. The molecule has 4 rings (SSSR count). The van der Waals surface area contributed by atoms with E-state index >= 15 is 0 Å². The highest BCUT2D eigenvalue weighted by Gasteiger charge is 2.63. The van der Waals surface area contributed by atoms with E-state index in [9.17, 15) is 39.6 Å². The zero-order valence-electron chi connectivity index (χ0n) is 23.2. The number of nitrogens with zero attached hydrogens (tertiary/aromatic N) is 2. The van der Waals surface area contributed by atoms with Crippen LogP contribution in [0.15, 0.2) is 41.4 Å². The number of phenols is 1. The number of carbonyl (C=O) groups excluding carboxylic acids is 4. The molecule has 0 unspecified atom stereocenters. The van der Waals surface area contributed by atoms with Gasteiger partial charge in [-0.1, -0.05) is 6.08 Å². The van der Waals surface area contributed by atoms with Crippen LogP contribution in [-0.4, -0.2) is 95.3 Å². The van der Waals surface area contributed by atoms with Crippen molar-refractivity contribution in [2.75, 3.05) is 45.0 Å². The van der Waals surface area contributed by atoms with Crippen molar-refractivity contribution in [2.24, 2.45) is 17.6 Å². The van der Waals surface area contributed by atoms with Gasteiger partial charge in [0.2, 0.25) is 5.78 Å². The molecular weight excluding hydrogens is 536 g/mol. The van der Waals surface area contributed by atoms with Crippen molar-refractivity contribution in [1.82, 2.24) is 4.90 Å². The number of nitrogens with two attached hydrogens (primary N) is 1. The number of amides is 2. The number of anilines is 2. The third-order valence-electron chi connectivity index (χ3n) is 7.97. The maximum absolute atomic E-state index is 14.0. The summed E-state index contributed by atoms with van der Waals surface area (Å²) in [4.78, 5) is 55.0. The lowest BCUT2D eigenvalue weighted by atomic mass is 9.58. The number of phenolic OH excluding ortho intramolecular Hbond substituents is 1. The molecule has 0 aliphatic heterocycles. The van der Waals surface area contributed by atoms with Gasteiger partial charge < -0.3 is 35.8 Å². The summed E-state index contributed by atoms with van der Waals surface area (Å²) < 4.78 is 5.05. The number of benzene rings is 1. The first kappa shape index (κ1) is 29.6. The van der Waals surface area contributed by atoms with Gasteiger partial charge in [0, 0.05) is 31.3 Å². The number of ketones is 2. The van der Waals surface area contributed by atoms with Crippen LogP contribution in [0.5, 0.6) is 5.75 Å². The van der Waals surface area contributed by atoms with Gasteiger partial charge in [-0.25, -0.2) is 4.79 Å². The molecule has 0 fully saturated rings. The van der Waals surface area contributed by atoms with Crippen molar-refractivity contribution in [3.63, 3.8) is 0 Å². The predicted molar refractivity (Wildman–Crippen MR) is 148 cm³/mol. The van der Waals surface area contributed by atoms with Crippen LogP contribution in [0.25, 0.3) is 0 Å². The second kappa shape index (κ2) is 10.6. The summed E-state index contributed by atoms with van der Waals surface area (Å²) in [7, 11) is 6.54. The molecule has 1 aromatic rings. The Balaban J connectivity index is 1.89. The van der Waals surface area contributed by atoms with E-state index in [1.54, 1.807) is 39.2 Å². The largest absolute Gasteiger partial charge is 0.510 e. The number of ether oxygens (including phenoxy) is 1. The van der Waals surface area contributed by atoms with Crippen LogP contribution in [0, 0.1) is 11.8 Å². The van der Waals surface area contributed by atoms with Crippen LogP contribution in [0.2, 0.25) is 0 Å². The minimum Gasteiger partial charge on any atom is -0.510 e. The highest BCUT2D eigenvalue weighted by Crippen LogP contribution is 2.53. The van der Waals surface area contributed by atoms with Gasteiger partial charge >= 0.3 is 6.09 Å². The summed E-state index contributed by atoms with van der Waals surface area (Å²) in [5, 5.41) is 47.6. The molecule has 220 valence electrons. The smallest absolute Gasteiger partial charge is 0.411 e. The molecule has 3 aliphatic rings. The zero-order valence-corrected chi connectivity index (χ0v) is 23.2. The molecule has 0 heterocycles. The van der Waals surface area contributed by atoms with Crippen molar-refractivity contribution < 1.29 is 44.3 Å². The molecule has 4 atom stereocenters. The molecule has 0 saturated heterocycles. The Morgan fingerprint density at radius 2 is 1.88 bits per heavy atom. The van der Waals surface area contributed by atoms with Crippen molar-refractivity contribution in [1.29, 1.82) is 0 Å². The molecule has 0 radical (unpaired) electrons. The Morgan fingerprint density at radius 3 is 2.44 bits per heavy atom. The fourth-order valence-corrected chi connectivity index (χ4v) is 6.17. The van der Waals surface area contributed by atoms with E-state index in [4.69, 9.17) is 10.5 Å². The van der Waals surface area contributed by atoms with Gasteiger partial charge in [0.1, 0.15) is 17.1 Å². The molecule has 41 heavy (non-hydrogen) atoms. The van der Waals surface area contributed by atoms with E-state index in [-0.39, 0.29) is 36.3 Å². The maximum Gasteiger partial charge on any atom is 0.411 e. The Morgan fingerprint density at radius 1 is 1.22 bits per heavy atom.